The van der Waals surface area contributed by atoms with E-state index in [2.05, 4.69) is 0 Å². The molecule has 2 aliphatic heterocycles. The fourth-order valence-corrected chi connectivity index (χ4v) is 7.31. The molecule has 3 aromatic carbocycles. The minimum Gasteiger partial charge on any atom is -0.342 e. The van der Waals surface area contributed by atoms with Crippen molar-refractivity contribution in [2.45, 2.75) is 36.6 Å². The van der Waals surface area contributed by atoms with E-state index in [1.807, 2.05) is 65.6 Å². The van der Waals surface area contributed by atoms with Gasteiger partial charge in [-0.3, -0.25) is 9.59 Å². The zero-order chi connectivity index (χ0) is 25.8. The van der Waals surface area contributed by atoms with E-state index in [9.17, 15) is 18.0 Å². The quantitative estimate of drug-likeness (QED) is 0.435. The van der Waals surface area contributed by atoms with E-state index in [1.165, 1.54) is 4.31 Å². The normalized spacial score (nSPS) is 21.5. The van der Waals surface area contributed by atoms with Crippen molar-refractivity contribution < 1.29 is 18.0 Å². The topological polar surface area (TPSA) is 74.8 Å². The number of carbonyl (C=O) groups is 2. The van der Waals surface area contributed by atoms with Gasteiger partial charge in [0.25, 0.3) is 0 Å². The second-order valence-electron chi connectivity index (χ2n) is 9.92. The van der Waals surface area contributed by atoms with Gasteiger partial charge >= 0.3 is 0 Å². The summed E-state index contributed by atoms with van der Waals surface area (Å²) in [4.78, 5) is 28.5. The summed E-state index contributed by atoms with van der Waals surface area (Å²) >= 11 is 0. The van der Waals surface area contributed by atoms with Gasteiger partial charge in [-0.2, -0.15) is 4.31 Å². The third-order valence-corrected chi connectivity index (χ3v) is 9.54. The first kappa shape index (κ1) is 25.4. The highest BCUT2D eigenvalue weighted by Crippen LogP contribution is 2.38. The number of hydrogen-bond acceptors (Lipinski definition) is 4. The molecule has 7 heteroatoms. The van der Waals surface area contributed by atoms with Gasteiger partial charge in [-0.25, -0.2) is 8.42 Å². The van der Waals surface area contributed by atoms with E-state index in [0.717, 1.165) is 5.56 Å². The van der Waals surface area contributed by atoms with E-state index in [1.54, 1.807) is 30.3 Å². The fraction of sp³-hybridized carbons (Fsp3) is 0.333. The standard InChI is InChI=1S/C30H32N2O4S/c33-29(24-12-6-2-7-13-24)25-18-20-31(21-19-25)30(34)26-16-17-28(23-10-4-1-5-11-23)32(22-26)37(35,36)27-14-8-3-9-15-27/h1-15,25-26,28H,16-22H2/t26-,28-/m1/s1. The molecule has 2 saturated heterocycles. The van der Waals surface area contributed by atoms with Crippen molar-refractivity contribution in [2.24, 2.45) is 11.8 Å². The lowest BCUT2D eigenvalue weighted by Gasteiger charge is -2.41. The number of benzene rings is 3. The molecule has 6 nitrogen and oxygen atoms in total. The summed E-state index contributed by atoms with van der Waals surface area (Å²) in [5.41, 5.74) is 1.65. The number of likely N-dealkylation sites (tertiary alicyclic amines) is 1. The Kier molecular flexibility index (Phi) is 7.53. The van der Waals surface area contributed by atoms with Gasteiger partial charge in [0.2, 0.25) is 15.9 Å². The number of carbonyl (C=O) groups excluding carboxylic acids is 2. The van der Waals surface area contributed by atoms with Gasteiger partial charge < -0.3 is 4.90 Å². The second kappa shape index (κ2) is 11.0. The van der Waals surface area contributed by atoms with E-state index in [0.29, 0.717) is 44.3 Å². The number of amides is 1. The highest BCUT2D eigenvalue weighted by Gasteiger charge is 2.41. The number of ketones is 1. The summed E-state index contributed by atoms with van der Waals surface area (Å²) in [6.07, 6.45) is 2.47. The van der Waals surface area contributed by atoms with Gasteiger partial charge in [-0.15, -0.1) is 0 Å². The molecule has 5 rings (SSSR count). The average Bonchev–Trinajstić information content (AvgIpc) is 2.97. The van der Waals surface area contributed by atoms with Gasteiger partial charge in [0, 0.05) is 31.1 Å². The minimum absolute atomic E-state index is 0.00890. The number of nitrogens with zero attached hydrogens (tertiary/aromatic N) is 2. The Morgan fingerprint density at radius 3 is 1.86 bits per heavy atom. The van der Waals surface area contributed by atoms with Crippen LogP contribution >= 0.6 is 0 Å². The summed E-state index contributed by atoms with van der Waals surface area (Å²) in [7, 11) is -3.79. The number of rotatable bonds is 6. The number of piperidine rings is 2. The molecule has 2 aliphatic rings. The molecule has 0 saturated carbocycles. The maximum atomic E-state index is 13.7. The fourth-order valence-electron chi connectivity index (χ4n) is 5.60. The molecule has 0 unspecified atom stereocenters. The Morgan fingerprint density at radius 1 is 0.676 bits per heavy atom. The van der Waals surface area contributed by atoms with Crippen LogP contribution in [0.1, 0.15) is 47.6 Å². The highest BCUT2D eigenvalue weighted by atomic mass is 32.2. The molecular formula is C30H32N2O4S. The van der Waals surface area contributed by atoms with Crippen LogP contribution in [0.15, 0.2) is 95.9 Å². The molecule has 0 bridgehead atoms. The molecule has 2 atom stereocenters. The maximum absolute atomic E-state index is 13.7. The molecule has 2 fully saturated rings. The molecule has 1 amide bonds. The summed E-state index contributed by atoms with van der Waals surface area (Å²) in [6, 6.07) is 27.1. The van der Waals surface area contributed by atoms with Crippen molar-refractivity contribution in [1.82, 2.24) is 9.21 Å². The molecule has 2 heterocycles. The van der Waals surface area contributed by atoms with Crippen molar-refractivity contribution >= 4 is 21.7 Å². The Labute approximate surface area is 219 Å². The largest absolute Gasteiger partial charge is 0.342 e. The molecule has 0 spiro atoms. The summed E-state index contributed by atoms with van der Waals surface area (Å²) in [6.45, 7) is 1.19. The van der Waals surface area contributed by atoms with E-state index in [4.69, 9.17) is 0 Å². The molecule has 0 radical (unpaired) electrons. The van der Waals surface area contributed by atoms with Crippen molar-refractivity contribution in [3.05, 3.63) is 102 Å². The van der Waals surface area contributed by atoms with E-state index in [-0.39, 0.29) is 35.1 Å². The van der Waals surface area contributed by atoms with Crippen LogP contribution in [0.2, 0.25) is 0 Å². The van der Waals surface area contributed by atoms with Crippen LogP contribution in [0.4, 0.5) is 0 Å². The lowest BCUT2D eigenvalue weighted by molar-refractivity contribution is -0.138. The van der Waals surface area contributed by atoms with Gasteiger partial charge in [-0.1, -0.05) is 78.9 Å². The van der Waals surface area contributed by atoms with E-state index < -0.39 is 15.9 Å². The third kappa shape index (κ3) is 5.38. The van der Waals surface area contributed by atoms with Gasteiger partial charge in [0.05, 0.1) is 16.9 Å². The number of Topliss-reactive ketones (excluding diaryl/α,β-unsaturated/α-hetero) is 1. The zero-order valence-electron chi connectivity index (χ0n) is 20.8. The number of hydrogen-bond donors (Lipinski definition) is 0. The molecule has 192 valence electrons. The van der Waals surface area contributed by atoms with Crippen LogP contribution in [0.3, 0.4) is 0 Å². The molecule has 0 aliphatic carbocycles. The average molecular weight is 517 g/mol. The molecule has 0 N–H and O–H groups in total. The Balaban J connectivity index is 1.31. The summed E-state index contributed by atoms with van der Waals surface area (Å²) in [5, 5.41) is 0. The van der Waals surface area contributed by atoms with Crippen LogP contribution in [-0.2, 0) is 14.8 Å². The van der Waals surface area contributed by atoms with Gasteiger partial charge in [-0.05, 0) is 43.4 Å². The van der Waals surface area contributed by atoms with Crippen LogP contribution < -0.4 is 0 Å². The van der Waals surface area contributed by atoms with Crippen LogP contribution in [0, 0.1) is 11.8 Å². The minimum atomic E-state index is -3.79. The van der Waals surface area contributed by atoms with Crippen molar-refractivity contribution in [1.29, 1.82) is 0 Å². The highest BCUT2D eigenvalue weighted by molar-refractivity contribution is 7.89. The second-order valence-corrected chi connectivity index (χ2v) is 11.8. The lowest BCUT2D eigenvalue weighted by atomic mass is 9.87. The first-order valence-electron chi connectivity index (χ1n) is 12.9. The Morgan fingerprint density at radius 2 is 1.24 bits per heavy atom. The van der Waals surface area contributed by atoms with Crippen molar-refractivity contribution in [3.8, 4) is 0 Å². The van der Waals surface area contributed by atoms with E-state index >= 15 is 0 Å². The monoisotopic (exact) mass is 516 g/mol. The zero-order valence-corrected chi connectivity index (χ0v) is 21.6. The first-order chi connectivity index (χ1) is 17.9. The SMILES string of the molecule is O=C(c1ccccc1)C1CCN(C(=O)[C@@H]2CC[C@H](c3ccccc3)N(S(=O)(=O)c3ccccc3)C2)CC1. The molecular weight excluding hydrogens is 484 g/mol. The summed E-state index contributed by atoms with van der Waals surface area (Å²) in [5.74, 6) is -0.364. The third-order valence-electron chi connectivity index (χ3n) is 7.66. The number of sulfonamides is 1. The van der Waals surface area contributed by atoms with Gasteiger partial charge in [0.1, 0.15) is 0 Å². The maximum Gasteiger partial charge on any atom is 0.243 e. The predicted octanol–water partition coefficient (Wildman–Crippen LogP) is 4.95. The van der Waals surface area contributed by atoms with Gasteiger partial charge in [0.15, 0.2) is 5.78 Å². The van der Waals surface area contributed by atoms with Crippen LogP contribution in [-0.4, -0.2) is 48.9 Å². The van der Waals surface area contributed by atoms with Crippen LogP contribution in [0.25, 0.3) is 0 Å². The van der Waals surface area contributed by atoms with Crippen molar-refractivity contribution in [3.63, 3.8) is 0 Å². The molecule has 3 aromatic rings. The molecule has 37 heavy (non-hydrogen) atoms. The predicted molar refractivity (Wildman–Crippen MR) is 142 cm³/mol. The van der Waals surface area contributed by atoms with Crippen LogP contribution in [0.5, 0.6) is 0 Å². The molecule has 0 aromatic heterocycles. The smallest absolute Gasteiger partial charge is 0.243 e. The Hall–Kier alpha value is -3.29. The Bertz CT molecular complexity index is 1320. The van der Waals surface area contributed by atoms with Crippen molar-refractivity contribution in [2.75, 3.05) is 19.6 Å². The first-order valence-corrected chi connectivity index (χ1v) is 14.4. The lowest BCUT2D eigenvalue weighted by Crippen LogP contribution is -2.49. The summed E-state index contributed by atoms with van der Waals surface area (Å²) < 4.78 is 29.0.